The van der Waals surface area contributed by atoms with Gasteiger partial charge in [-0.25, -0.2) is 13.6 Å². The summed E-state index contributed by atoms with van der Waals surface area (Å²) in [5.74, 6) is -0.118. The van der Waals surface area contributed by atoms with Crippen LogP contribution < -0.4 is 5.14 Å². The van der Waals surface area contributed by atoms with Gasteiger partial charge in [0.05, 0.1) is 10.5 Å². The van der Waals surface area contributed by atoms with Crippen LogP contribution in [-0.2, 0) is 10.0 Å². The molecule has 1 saturated heterocycles. The van der Waals surface area contributed by atoms with E-state index >= 15 is 0 Å². The quantitative estimate of drug-likeness (QED) is 0.853. The van der Waals surface area contributed by atoms with Gasteiger partial charge in [-0.05, 0) is 37.3 Å². The van der Waals surface area contributed by atoms with Gasteiger partial charge in [-0.2, -0.15) is 0 Å². The number of thioether (sulfide) groups is 1. The second-order valence-electron chi connectivity index (χ2n) is 4.41. The Balaban J connectivity index is 2.44. The van der Waals surface area contributed by atoms with Crippen molar-refractivity contribution in [2.24, 2.45) is 5.14 Å². The van der Waals surface area contributed by atoms with E-state index in [-0.39, 0.29) is 10.8 Å². The van der Waals surface area contributed by atoms with Crippen molar-refractivity contribution in [3.8, 4) is 0 Å². The normalized spacial score (nSPS) is 15.8. The zero-order valence-electron chi connectivity index (χ0n) is 10.6. The molecular weight excluding hydrogens is 284 g/mol. The number of hydrogen-bond donors (Lipinski definition) is 1. The third-order valence-electron chi connectivity index (χ3n) is 3.12. The third kappa shape index (κ3) is 3.10. The van der Waals surface area contributed by atoms with Crippen molar-refractivity contribution < 1.29 is 13.2 Å². The van der Waals surface area contributed by atoms with E-state index in [4.69, 9.17) is 5.14 Å². The first-order chi connectivity index (χ1) is 8.93. The van der Waals surface area contributed by atoms with Gasteiger partial charge in [0.2, 0.25) is 10.0 Å². The summed E-state index contributed by atoms with van der Waals surface area (Å²) in [6.45, 7) is 1.46. The minimum Gasteiger partial charge on any atom is -0.339 e. The average Bonchev–Trinajstić information content (AvgIpc) is 2.90. The third-order valence-corrected chi connectivity index (χ3v) is 4.83. The van der Waals surface area contributed by atoms with Crippen molar-refractivity contribution >= 4 is 27.7 Å². The van der Waals surface area contributed by atoms with Crippen LogP contribution in [0, 0.1) is 0 Å². The standard InChI is InChI=1S/C12H16N2O3S2/c1-18-11-5-4-9(19(13,16)17)8-10(11)12(15)14-6-2-3-7-14/h4-5,8H,2-3,6-7H2,1H3,(H2,13,16,17). The summed E-state index contributed by atoms with van der Waals surface area (Å²) in [7, 11) is -3.79. The fraction of sp³-hybridized carbons (Fsp3) is 0.417. The largest absolute Gasteiger partial charge is 0.339 e. The molecule has 1 amide bonds. The van der Waals surface area contributed by atoms with Crippen LogP contribution in [0.3, 0.4) is 0 Å². The Hall–Kier alpha value is -1.05. The molecule has 0 saturated carbocycles. The molecule has 104 valence electrons. The Morgan fingerprint density at radius 2 is 1.95 bits per heavy atom. The van der Waals surface area contributed by atoms with Crippen molar-refractivity contribution in [2.45, 2.75) is 22.6 Å². The monoisotopic (exact) mass is 300 g/mol. The fourth-order valence-electron chi connectivity index (χ4n) is 2.12. The highest BCUT2D eigenvalue weighted by Crippen LogP contribution is 2.25. The first kappa shape index (κ1) is 14.4. The summed E-state index contributed by atoms with van der Waals surface area (Å²) in [5, 5.41) is 5.11. The van der Waals surface area contributed by atoms with Crippen molar-refractivity contribution in [3.63, 3.8) is 0 Å². The second kappa shape index (κ2) is 5.52. The van der Waals surface area contributed by atoms with Crippen molar-refractivity contribution in [2.75, 3.05) is 19.3 Å². The Morgan fingerprint density at radius 1 is 1.32 bits per heavy atom. The lowest BCUT2D eigenvalue weighted by molar-refractivity contribution is 0.0789. The zero-order valence-corrected chi connectivity index (χ0v) is 12.3. The number of primary sulfonamides is 1. The van der Waals surface area contributed by atoms with Crippen molar-refractivity contribution in [3.05, 3.63) is 23.8 Å². The highest BCUT2D eigenvalue weighted by molar-refractivity contribution is 7.98. The van der Waals surface area contributed by atoms with Crippen LogP contribution in [-0.4, -0.2) is 38.6 Å². The van der Waals surface area contributed by atoms with Gasteiger partial charge in [0, 0.05) is 18.0 Å². The summed E-state index contributed by atoms with van der Waals surface area (Å²) >= 11 is 1.42. The van der Waals surface area contributed by atoms with Crippen LogP contribution >= 0.6 is 11.8 Å². The van der Waals surface area contributed by atoms with Gasteiger partial charge in [-0.3, -0.25) is 4.79 Å². The number of hydrogen-bond acceptors (Lipinski definition) is 4. The molecule has 19 heavy (non-hydrogen) atoms. The second-order valence-corrected chi connectivity index (χ2v) is 6.82. The molecular formula is C12H16N2O3S2. The Kier molecular flexibility index (Phi) is 4.17. The molecule has 1 fully saturated rings. The van der Waals surface area contributed by atoms with Gasteiger partial charge in [0.15, 0.2) is 0 Å². The summed E-state index contributed by atoms with van der Waals surface area (Å²) in [6.07, 6.45) is 3.84. The van der Waals surface area contributed by atoms with E-state index in [9.17, 15) is 13.2 Å². The minimum atomic E-state index is -3.79. The lowest BCUT2D eigenvalue weighted by atomic mass is 10.2. The Morgan fingerprint density at radius 3 is 2.47 bits per heavy atom. The van der Waals surface area contributed by atoms with E-state index in [1.165, 1.54) is 23.9 Å². The number of benzene rings is 1. The van der Waals surface area contributed by atoms with Crippen LogP contribution in [0.1, 0.15) is 23.2 Å². The van der Waals surface area contributed by atoms with Gasteiger partial charge in [-0.1, -0.05) is 0 Å². The SMILES string of the molecule is CSc1ccc(S(N)(=O)=O)cc1C(=O)N1CCCC1. The summed E-state index contributed by atoms with van der Waals surface area (Å²) < 4.78 is 22.7. The molecule has 7 heteroatoms. The van der Waals surface area contributed by atoms with Crippen molar-refractivity contribution in [1.82, 2.24) is 4.90 Å². The zero-order chi connectivity index (χ0) is 14.0. The lowest BCUT2D eigenvalue weighted by Crippen LogP contribution is -2.28. The molecule has 1 aromatic carbocycles. The molecule has 0 unspecified atom stereocenters. The van der Waals surface area contributed by atoms with Gasteiger partial charge in [-0.15, -0.1) is 11.8 Å². The molecule has 0 aliphatic carbocycles. The molecule has 0 spiro atoms. The molecule has 5 nitrogen and oxygen atoms in total. The predicted molar refractivity (Wildman–Crippen MR) is 74.7 cm³/mol. The molecule has 1 heterocycles. The maximum Gasteiger partial charge on any atom is 0.255 e. The molecule has 0 radical (unpaired) electrons. The highest BCUT2D eigenvalue weighted by atomic mass is 32.2. The maximum atomic E-state index is 12.4. The highest BCUT2D eigenvalue weighted by Gasteiger charge is 2.23. The summed E-state index contributed by atoms with van der Waals surface area (Å²) in [4.78, 5) is 14.9. The van der Waals surface area contributed by atoms with E-state index in [2.05, 4.69) is 0 Å². The molecule has 2 rings (SSSR count). The Labute approximate surface area is 117 Å². The molecule has 1 aliphatic rings. The minimum absolute atomic E-state index is 0.0205. The molecule has 1 aliphatic heterocycles. The van der Waals surface area contributed by atoms with Crippen LogP contribution in [0.4, 0.5) is 0 Å². The van der Waals surface area contributed by atoms with Crippen LogP contribution in [0.15, 0.2) is 28.0 Å². The van der Waals surface area contributed by atoms with Gasteiger partial charge < -0.3 is 4.90 Å². The first-order valence-corrected chi connectivity index (χ1v) is 8.70. The predicted octanol–water partition coefficient (Wildman–Crippen LogP) is 1.29. The van der Waals surface area contributed by atoms with Crippen molar-refractivity contribution in [1.29, 1.82) is 0 Å². The van der Waals surface area contributed by atoms with Crippen LogP contribution in [0.2, 0.25) is 0 Å². The molecule has 0 bridgehead atoms. The van der Waals surface area contributed by atoms with E-state index in [0.717, 1.165) is 30.8 Å². The van der Waals surface area contributed by atoms with E-state index in [0.29, 0.717) is 5.56 Å². The molecule has 2 N–H and O–H groups in total. The van der Waals surface area contributed by atoms with Gasteiger partial charge in [0.1, 0.15) is 0 Å². The lowest BCUT2D eigenvalue weighted by Gasteiger charge is -2.17. The molecule has 0 atom stereocenters. The number of carbonyl (C=O) groups is 1. The topological polar surface area (TPSA) is 80.5 Å². The molecule has 0 aromatic heterocycles. The number of carbonyl (C=O) groups excluding carboxylic acids is 1. The van der Waals surface area contributed by atoms with Gasteiger partial charge in [0.25, 0.3) is 5.91 Å². The van der Waals surface area contributed by atoms with Crippen LogP contribution in [0.5, 0.6) is 0 Å². The fourth-order valence-corrected chi connectivity index (χ4v) is 3.23. The average molecular weight is 300 g/mol. The number of sulfonamides is 1. The number of nitrogens with two attached hydrogens (primary N) is 1. The molecule has 1 aromatic rings. The number of amides is 1. The van der Waals surface area contributed by atoms with E-state index in [1.807, 2.05) is 6.26 Å². The summed E-state index contributed by atoms with van der Waals surface area (Å²) in [5.41, 5.74) is 0.418. The summed E-state index contributed by atoms with van der Waals surface area (Å²) in [6, 6.07) is 4.44. The first-order valence-electron chi connectivity index (χ1n) is 5.93. The van der Waals surface area contributed by atoms with E-state index < -0.39 is 10.0 Å². The van der Waals surface area contributed by atoms with Gasteiger partial charge >= 0.3 is 0 Å². The maximum absolute atomic E-state index is 12.4. The number of rotatable bonds is 3. The van der Waals surface area contributed by atoms with Crippen LogP contribution in [0.25, 0.3) is 0 Å². The number of likely N-dealkylation sites (tertiary alicyclic amines) is 1. The number of nitrogens with zero attached hydrogens (tertiary/aromatic N) is 1. The smallest absolute Gasteiger partial charge is 0.255 e. The Bertz CT molecular complexity index is 593. The van der Waals surface area contributed by atoms with E-state index in [1.54, 1.807) is 11.0 Å².